The Labute approximate surface area is 144 Å². The van der Waals surface area contributed by atoms with Gasteiger partial charge in [-0.05, 0) is 40.5 Å². The largest absolute Gasteiger partial charge is 0.464 e. The fourth-order valence-electron chi connectivity index (χ4n) is 2.08. The fourth-order valence-corrected chi connectivity index (χ4v) is 2.82. The first-order valence-corrected chi connectivity index (χ1v) is 8.23. The van der Waals surface area contributed by atoms with Crippen molar-refractivity contribution in [1.82, 2.24) is 19.5 Å². The average molecular weight is 427 g/mol. The Morgan fingerprint density at radius 3 is 2.55 bits per heavy atom. The summed E-state index contributed by atoms with van der Waals surface area (Å²) < 4.78 is 8.98. The molecule has 8 heteroatoms. The van der Waals surface area contributed by atoms with Crippen LogP contribution in [0.4, 0.5) is 5.82 Å². The zero-order chi connectivity index (χ0) is 15.7. The number of imidazole rings is 1. The quantitative estimate of drug-likeness (QED) is 0.647. The molecule has 0 aliphatic carbocycles. The number of ether oxygens (including phenoxy) is 1. The number of anilines is 1. The minimum atomic E-state index is 0.261. The van der Waals surface area contributed by atoms with E-state index in [1.165, 1.54) is 0 Å². The molecule has 0 radical (unpaired) electrons. The van der Waals surface area contributed by atoms with Crippen LogP contribution in [0.3, 0.4) is 0 Å². The minimum Gasteiger partial charge on any atom is -0.464 e. The second-order valence-corrected chi connectivity index (χ2v) is 6.22. The maximum atomic E-state index is 5.95. The molecule has 3 rings (SSSR count). The van der Waals surface area contributed by atoms with Crippen LogP contribution in [0.1, 0.15) is 12.5 Å². The molecule has 0 atom stereocenters. The van der Waals surface area contributed by atoms with E-state index in [1.807, 2.05) is 35.8 Å². The summed E-state index contributed by atoms with van der Waals surface area (Å²) in [5, 5.41) is 0. The molecular formula is C14H13Br2N5O. The van der Waals surface area contributed by atoms with Crippen LogP contribution in [-0.4, -0.2) is 26.1 Å². The molecule has 22 heavy (non-hydrogen) atoms. The number of nitrogens with zero attached hydrogens (tertiary/aromatic N) is 4. The smallest absolute Gasteiger partial charge is 0.320 e. The minimum absolute atomic E-state index is 0.261. The third kappa shape index (κ3) is 2.93. The summed E-state index contributed by atoms with van der Waals surface area (Å²) in [4.78, 5) is 12.9. The summed E-state index contributed by atoms with van der Waals surface area (Å²) in [6.07, 6.45) is 0. The molecule has 0 saturated heterocycles. The van der Waals surface area contributed by atoms with Gasteiger partial charge >= 0.3 is 6.01 Å². The van der Waals surface area contributed by atoms with E-state index < -0.39 is 0 Å². The number of nitrogen functional groups attached to an aromatic ring is 1. The number of halogens is 2. The lowest BCUT2D eigenvalue weighted by atomic mass is 10.2. The standard InChI is InChI=1S/C14H13Br2N5O/c1-2-22-14-19-11(17)10-12(20-14)21(13(16)18-10)7-8-3-5-9(15)6-4-8/h3-6H,2,7H2,1H3,(H2,17,19,20). The molecule has 0 aliphatic heterocycles. The SMILES string of the molecule is CCOc1nc(N)c2nc(Br)n(Cc3ccc(Br)cc3)c2n1. The van der Waals surface area contributed by atoms with Crippen molar-refractivity contribution in [2.24, 2.45) is 0 Å². The molecule has 0 spiro atoms. The average Bonchev–Trinajstić information content (AvgIpc) is 2.79. The monoisotopic (exact) mass is 425 g/mol. The van der Waals surface area contributed by atoms with Gasteiger partial charge in [0.05, 0.1) is 13.2 Å². The molecule has 0 aliphatic rings. The second-order valence-electron chi connectivity index (χ2n) is 4.59. The Kier molecular flexibility index (Phi) is 4.30. The Morgan fingerprint density at radius 1 is 1.14 bits per heavy atom. The highest BCUT2D eigenvalue weighted by Gasteiger charge is 2.16. The van der Waals surface area contributed by atoms with Crippen LogP contribution in [0.15, 0.2) is 33.5 Å². The van der Waals surface area contributed by atoms with Crippen molar-refractivity contribution in [3.8, 4) is 6.01 Å². The topological polar surface area (TPSA) is 78.9 Å². The summed E-state index contributed by atoms with van der Waals surface area (Å²) in [6.45, 7) is 2.97. The van der Waals surface area contributed by atoms with Crippen LogP contribution in [0.2, 0.25) is 0 Å². The lowest BCUT2D eigenvalue weighted by Gasteiger charge is -2.07. The van der Waals surface area contributed by atoms with E-state index in [9.17, 15) is 0 Å². The summed E-state index contributed by atoms with van der Waals surface area (Å²) in [7, 11) is 0. The highest BCUT2D eigenvalue weighted by atomic mass is 79.9. The highest BCUT2D eigenvalue weighted by molar-refractivity contribution is 9.10. The Hall–Kier alpha value is -1.67. The number of aromatic nitrogens is 4. The molecule has 0 saturated carbocycles. The van der Waals surface area contributed by atoms with Crippen LogP contribution in [0.25, 0.3) is 11.2 Å². The van der Waals surface area contributed by atoms with Gasteiger partial charge < -0.3 is 10.5 Å². The van der Waals surface area contributed by atoms with E-state index in [2.05, 4.69) is 46.8 Å². The number of benzene rings is 1. The molecule has 0 fully saturated rings. The molecule has 0 amide bonds. The number of rotatable bonds is 4. The molecule has 6 nitrogen and oxygen atoms in total. The van der Waals surface area contributed by atoms with Crippen molar-refractivity contribution in [3.05, 3.63) is 39.0 Å². The van der Waals surface area contributed by atoms with E-state index in [0.717, 1.165) is 10.0 Å². The molecule has 0 unspecified atom stereocenters. The number of fused-ring (bicyclic) bond motifs is 1. The van der Waals surface area contributed by atoms with Crippen molar-refractivity contribution in [3.63, 3.8) is 0 Å². The zero-order valence-electron chi connectivity index (χ0n) is 11.8. The van der Waals surface area contributed by atoms with Gasteiger partial charge in [-0.2, -0.15) is 9.97 Å². The van der Waals surface area contributed by atoms with Crippen LogP contribution < -0.4 is 10.5 Å². The Balaban J connectivity index is 2.07. The van der Waals surface area contributed by atoms with E-state index >= 15 is 0 Å². The molecule has 1 aromatic carbocycles. The van der Waals surface area contributed by atoms with Gasteiger partial charge in [0.2, 0.25) is 0 Å². The van der Waals surface area contributed by atoms with Crippen molar-refractivity contribution >= 4 is 48.8 Å². The van der Waals surface area contributed by atoms with Crippen LogP contribution in [-0.2, 0) is 6.54 Å². The number of nitrogens with two attached hydrogens (primary N) is 1. The van der Waals surface area contributed by atoms with Crippen LogP contribution >= 0.6 is 31.9 Å². The Bertz CT molecular complexity index is 816. The van der Waals surface area contributed by atoms with E-state index in [-0.39, 0.29) is 6.01 Å². The first-order chi connectivity index (χ1) is 10.6. The van der Waals surface area contributed by atoms with E-state index in [4.69, 9.17) is 10.5 Å². The first-order valence-electron chi connectivity index (χ1n) is 6.65. The molecule has 2 N–H and O–H groups in total. The maximum absolute atomic E-state index is 5.95. The number of hydrogen-bond acceptors (Lipinski definition) is 5. The molecule has 3 aromatic rings. The summed E-state index contributed by atoms with van der Waals surface area (Å²) in [5.74, 6) is 0.309. The lowest BCUT2D eigenvalue weighted by Crippen LogP contribution is -2.05. The van der Waals surface area contributed by atoms with Crippen molar-refractivity contribution in [1.29, 1.82) is 0 Å². The van der Waals surface area contributed by atoms with Gasteiger partial charge in [0.1, 0.15) is 0 Å². The normalized spacial score (nSPS) is 11.0. The number of hydrogen-bond donors (Lipinski definition) is 1. The predicted molar refractivity (Wildman–Crippen MR) is 91.8 cm³/mol. The zero-order valence-corrected chi connectivity index (χ0v) is 14.9. The summed E-state index contributed by atoms with van der Waals surface area (Å²) in [6, 6.07) is 8.33. The van der Waals surface area contributed by atoms with E-state index in [1.54, 1.807) is 0 Å². The maximum Gasteiger partial charge on any atom is 0.320 e. The van der Waals surface area contributed by atoms with Gasteiger partial charge in [-0.1, -0.05) is 28.1 Å². The fraction of sp³-hybridized carbons (Fsp3) is 0.214. The predicted octanol–water partition coefficient (Wildman–Crippen LogP) is 3.38. The van der Waals surface area contributed by atoms with E-state index in [0.29, 0.717) is 34.9 Å². The van der Waals surface area contributed by atoms with Gasteiger partial charge in [0.25, 0.3) is 0 Å². The lowest BCUT2D eigenvalue weighted by molar-refractivity contribution is 0.314. The molecular weight excluding hydrogens is 414 g/mol. The first kappa shape index (κ1) is 15.2. The van der Waals surface area contributed by atoms with Crippen LogP contribution in [0.5, 0.6) is 6.01 Å². The molecule has 2 aromatic heterocycles. The van der Waals surface area contributed by atoms with Gasteiger partial charge in [0, 0.05) is 4.47 Å². The van der Waals surface area contributed by atoms with Gasteiger partial charge in [-0.25, -0.2) is 4.98 Å². The van der Waals surface area contributed by atoms with Crippen molar-refractivity contribution in [2.45, 2.75) is 13.5 Å². The highest BCUT2D eigenvalue weighted by Crippen LogP contribution is 2.25. The third-order valence-corrected chi connectivity index (χ3v) is 4.22. The molecule has 0 bridgehead atoms. The molecule has 2 heterocycles. The third-order valence-electron chi connectivity index (χ3n) is 3.08. The molecule has 114 valence electrons. The van der Waals surface area contributed by atoms with Gasteiger partial charge in [-0.3, -0.25) is 4.57 Å². The van der Waals surface area contributed by atoms with Crippen LogP contribution in [0, 0.1) is 0 Å². The van der Waals surface area contributed by atoms with Gasteiger partial charge in [-0.15, -0.1) is 0 Å². The second kappa shape index (κ2) is 6.21. The van der Waals surface area contributed by atoms with Crippen molar-refractivity contribution in [2.75, 3.05) is 12.3 Å². The van der Waals surface area contributed by atoms with Gasteiger partial charge in [0.15, 0.2) is 21.7 Å². The summed E-state index contributed by atoms with van der Waals surface area (Å²) in [5.41, 5.74) is 8.28. The van der Waals surface area contributed by atoms with Crippen molar-refractivity contribution < 1.29 is 4.74 Å². The Morgan fingerprint density at radius 2 is 1.86 bits per heavy atom. The summed E-state index contributed by atoms with van der Waals surface area (Å²) >= 11 is 6.89.